The fourth-order valence-corrected chi connectivity index (χ4v) is 1.80. The third kappa shape index (κ3) is 3.42. The van der Waals surface area contributed by atoms with E-state index >= 15 is 0 Å². The first kappa shape index (κ1) is 14.2. The van der Waals surface area contributed by atoms with E-state index in [2.05, 4.69) is 0 Å². The van der Waals surface area contributed by atoms with Crippen molar-refractivity contribution in [3.05, 3.63) is 65.5 Å². The molecule has 4 heteroatoms. The highest BCUT2D eigenvalue weighted by atomic mass is 19.1. The molecule has 2 rings (SSSR count). The van der Waals surface area contributed by atoms with Crippen molar-refractivity contribution in [2.75, 3.05) is 20.3 Å². The number of methoxy groups -OCH3 is 1. The molecule has 0 saturated heterocycles. The molecule has 0 fully saturated rings. The maximum absolute atomic E-state index is 13.2. The molecular formula is C16H15FO3. The lowest BCUT2D eigenvalue weighted by atomic mass is 10.0. The van der Waals surface area contributed by atoms with Crippen LogP contribution in [-0.2, 0) is 4.74 Å². The van der Waals surface area contributed by atoms with Crippen LogP contribution in [0.3, 0.4) is 0 Å². The van der Waals surface area contributed by atoms with Gasteiger partial charge in [0.15, 0.2) is 5.78 Å². The Hall–Kier alpha value is -2.20. The summed E-state index contributed by atoms with van der Waals surface area (Å²) < 4.78 is 23.6. The van der Waals surface area contributed by atoms with Crippen molar-refractivity contribution in [3.63, 3.8) is 0 Å². The van der Waals surface area contributed by atoms with Crippen LogP contribution in [0.1, 0.15) is 15.9 Å². The SMILES string of the molecule is COCCOc1ccccc1C(=O)c1cccc(F)c1. The summed E-state index contributed by atoms with van der Waals surface area (Å²) >= 11 is 0. The Labute approximate surface area is 117 Å². The highest BCUT2D eigenvalue weighted by Gasteiger charge is 2.14. The summed E-state index contributed by atoms with van der Waals surface area (Å²) in [4.78, 5) is 12.4. The van der Waals surface area contributed by atoms with Crippen LogP contribution in [0.5, 0.6) is 5.75 Å². The van der Waals surface area contributed by atoms with Crippen molar-refractivity contribution in [2.45, 2.75) is 0 Å². The summed E-state index contributed by atoms with van der Waals surface area (Å²) in [6, 6.07) is 12.5. The van der Waals surface area contributed by atoms with Crippen molar-refractivity contribution < 1.29 is 18.7 Å². The Morgan fingerprint density at radius 1 is 1.10 bits per heavy atom. The molecule has 20 heavy (non-hydrogen) atoms. The topological polar surface area (TPSA) is 35.5 Å². The van der Waals surface area contributed by atoms with E-state index in [0.717, 1.165) is 0 Å². The molecule has 0 aliphatic carbocycles. The van der Waals surface area contributed by atoms with Gasteiger partial charge in [0.05, 0.1) is 12.2 Å². The number of hydrogen-bond acceptors (Lipinski definition) is 3. The second-order valence-corrected chi connectivity index (χ2v) is 4.18. The average Bonchev–Trinajstić information content (AvgIpc) is 2.47. The predicted molar refractivity (Wildman–Crippen MR) is 73.6 cm³/mol. The van der Waals surface area contributed by atoms with E-state index in [1.165, 1.54) is 18.2 Å². The van der Waals surface area contributed by atoms with Gasteiger partial charge in [-0.3, -0.25) is 4.79 Å². The summed E-state index contributed by atoms with van der Waals surface area (Å²) in [5.41, 5.74) is 0.710. The highest BCUT2D eigenvalue weighted by Crippen LogP contribution is 2.21. The number of benzene rings is 2. The van der Waals surface area contributed by atoms with Gasteiger partial charge in [0.2, 0.25) is 0 Å². The molecule has 0 unspecified atom stereocenters. The van der Waals surface area contributed by atoms with Crippen LogP contribution in [0.4, 0.5) is 4.39 Å². The molecule has 104 valence electrons. The number of rotatable bonds is 6. The van der Waals surface area contributed by atoms with Gasteiger partial charge in [-0.05, 0) is 24.3 Å². The number of carbonyl (C=O) groups is 1. The zero-order valence-electron chi connectivity index (χ0n) is 11.1. The van der Waals surface area contributed by atoms with Crippen LogP contribution in [-0.4, -0.2) is 26.1 Å². The molecule has 0 aromatic heterocycles. The minimum Gasteiger partial charge on any atom is -0.490 e. The maximum Gasteiger partial charge on any atom is 0.196 e. The molecular weight excluding hydrogens is 259 g/mol. The fraction of sp³-hybridized carbons (Fsp3) is 0.188. The van der Waals surface area contributed by atoms with Gasteiger partial charge in [-0.1, -0.05) is 24.3 Å². The number of hydrogen-bond donors (Lipinski definition) is 0. The Morgan fingerprint density at radius 3 is 2.65 bits per heavy atom. The van der Waals surface area contributed by atoms with Crippen LogP contribution >= 0.6 is 0 Å². The largest absolute Gasteiger partial charge is 0.490 e. The summed E-state index contributed by atoms with van der Waals surface area (Å²) in [6.07, 6.45) is 0. The number of para-hydroxylation sites is 1. The summed E-state index contributed by atoms with van der Waals surface area (Å²) in [5, 5.41) is 0. The molecule has 0 atom stereocenters. The molecule has 0 aliphatic rings. The lowest BCUT2D eigenvalue weighted by Gasteiger charge is -2.10. The number of ketones is 1. The van der Waals surface area contributed by atoms with Gasteiger partial charge in [0.25, 0.3) is 0 Å². The van der Waals surface area contributed by atoms with Gasteiger partial charge in [0.1, 0.15) is 18.2 Å². The Bertz CT molecular complexity index is 596. The highest BCUT2D eigenvalue weighted by molar-refractivity contribution is 6.10. The van der Waals surface area contributed by atoms with E-state index in [-0.39, 0.29) is 5.78 Å². The summed E-state index contributed by atoms with van der Waals surface area (Å²) in [7, 11) is 1.58. The first-order chi connectivity index (χ1) is 9.72. The van der Waals surface area contributed by atoms with Crippen LogP contribution < -0.4 is 4.74 Å². The van der Waals surface area contributed by atoms with Crippen molar-refractivity contribution in [1.82, 2.24) is 0 Å². The second kappa shape index (κ2) is 6.82. The van der Waals surface area contributed by atoms with Crippen LogP contribution in [0.15, 0.2) is 48.5 Å². The molecule has 0 heterocycles. The minimum absolute atomic E-state index is 0.266. The van der Waals surface area contributed by atoms with Gasteiger partial charge < -0.3 is 9.47 Å². The quantitative estimate of drug-likeness (QED) is 0.600. The van der Waals surface area contributed by atoms with Crippen LogP contribution in [0, 0.1) is 5.82 Å². The van der Waals surface area contributed by atoms with Gasteiger partial charge in [-0.25, -0.2) is 4.39 Å². The van der Waals surface area contributed by atoms with Crippen LogP contribution in [0.2, 0.25) is 0 Å². The molecule has 0 N–H and O–H groups in total. The Morgan fingerprint density at radius 2 is 1.90 bits per heavy atom. The summed E-state index contributed by atoms with van der Waals surface area (Å²) in [5.74, 6) is -0.232. The van der Waals surface area contributed by atoms with Gasteiger partial charge in [0, 0.05) is 12.7 Å². The average molecular weight is 274 g/mol. The lowest BCUT2D eigenvalue weighted by molar-refractivity contribution is 0.103. The molecule has 0 spiro atoms. The number of carbonyl (C=O) groups excluding carboxylic acids is 1. The molecule has 0 amide bonds. The Balaban J connectivity index is 2.25. The van der Waals surface area contributed by atoms with Crippen molar-refractivity contribution in [3.8, 4) is 5.75 Å². The van der Waals surface area contributed by atoms with E-state index in [0.29, 0.717) is 30.1 Å². The molecule has 0 saturated carbocycles. The van der Waals surface area contributed by atoms with Gasteiger partial charge >= 0.3 is 0 Å². The first-order valence-corrected chi connectivity index (χ1v) is 6.23. The smallest absolute Gasteiger partial charge is 0.196 e. The minimum atomic E-state index is -0.436. The molecule has 3 nitrogen and oxygen atoms in total. The molecule has 0 bridgehead atoms. The third-order valence-electron chi connectivity index (χ3n) is 2.76. The lowest BCUT2D eigenvalue weighted by Crippen LogP contribution is -2.09. The first-order valence-electron chi connectivity index (χ1n) is 6.23. The molecule has 0 aliphatic heterocycles. The van der Waals surface area contributed by atoms with E-state index in [4.69, 9.17) is 9.47 Å². The normalized spacial score (nSPS) is 10.3. The third-order valence-corrected chi connectivity index (χ3v) is 2.76. The van der Waals surface area contributed by atoms with Crippen molar-refractivity contribution >= 4 is 5.78 Å². The second-order valence-electron chi connectivity index (χ2n) is 4.18. The number of ether oxygens (including phenoxy) is 2. The van der Waals surface area contributed by atoms with Crippen LogP contribution in [0.25, 0.3) is 0 Å². The van der Waals surface area contributed by atoms with E-state index < -0.39 is 5.82 Å². The fourth-order valence-electron chi connectivity index (χ4n) is 1.80. The maximum atomic E-state index is 13.2. The van der Waals surface area contributed by atoms with Crippen molar-refractivity contribution in [1.29, 1.82) is 0 Å². The monoisotopic (exact) mass is 274 g/mol. The Kier molecular flexibility index (Phi) is 4.85. The standard InChI is InChI=1S/C16H15FO3/c1-19-9-10-20-15-8-3-2-7-14(15)16(18)12-5-4-6-13(17)11-12/h2-8,11H,9-10H2,1H3. The van der Waals surface area contributed by atoms with E-state index in [1.54, 1.807) is 37.4 Å². The molecule has 0 radical (unpaired) electrons. The zero-order chi connectivity index (χ0) is 14.4. The molecule has 2 aromatic rings. The zero-order valence-corrected chi connectivity index (χ0v) is 11.1. The van der Waals surface area contributed by atoms with Gasteiger partial charge in [-0.2, -0.15) is 0 Å². The van der Waals surface area contributed by atoms with E-state index in [9.17, 15) is 9.18 Å². The molecule has 2 aromatic carbocycles. The van der Waals surface area contributed by atoms with Gasteiger partial charge in [-0.15, -0.1) is 0 Å². The predicted octanol–water partition coefficient (Wildman–Crippen LogP) is 3.08. The van der Waals surface area contributed by atoms with Crippen molar-refractivity contribution in [2.24, 2.45) is 0 Å². The summed E-state index contributed by atoms with van der Waals surface area (Å²) in [6.45, 7) is 0.784. The number of halogens is 1. The van der Waals surface area contributed by atoms with E-state index in [1.807, 2.05) is 0 Å².